The van der Waals surface area contributed by atoms with Gasteiger partial charge >= 0.3 is 0 Å². The molecule has 1 amide bonds. The van der Waals surface area contributed by atoms with Crippen molar-refractivity contribution in [1.29, 1.82) is 0 Å². The molecule has 2 aromatic rings. The smallest absolute Gasteiger partial charge is 0.271 e. The van der Waals surface area contributed by atoms with Crippen molar-refractivity contribution in [1.82, 2.24) is 20.0 Å². The molecule has 4 rings (SSSR count). The Balaban J connectivity index is 1.40. The van der Waals surface area contributed by atoms with Gasteiger partial charge in [0, 0.05) is 25.2 Å². The van der Waals surface area contributed by atoms with Gasteiger partial charge in [-0.05, 0) is 51.3 Å². The topological polar surface area (TPSA) is 72.5 Å². The maximum atomic E-state index is 12.9. The maximum absolute atomic E-state index is 12.9. The molecule has 2 aliphatic rings. The van der Waals surface area contributed by atoms with Gasteiger partial charge in [-0.25, -0.2) is 0 Å². The highest BCUT2D eigenvalue weighted by Gasteiger charge is 2.34. The number of amides is 1. The van der Waals surface area contributed by atoms with E-state index in [-0.39, 0.29) is 5.91 Å². The SMILES string of the molecule is O=C(c1cc(-c2ccccc2)n[nH]1)N1CCCC(O)(CN2CCCC2)CC1. The van der Waals surface area contributed by atoms with Crippen LogP contribution in [0.4, 0.5) is 0 Å². The second-order valence-corrected chi connectivity index (χ2v) is 7.89. The van der Waals surface area contributed by atoms with Gasteiger partial charge in [-0.2, -0.15) is 5.10 Å². The number of hydrogen-bond donors (Lipinski definition) is 2. The molecule has 2 aliphatic heterocycles. The fourth-order valence-corrected chi connectivity index (χ4v) is 4.26. The van der Waals surface area contributed by atoms with Crippen LogP contribution in [0.3, 0.4) is 0 Å². The van der Waals surface area contributed by atoms with Crippen molar-refractivity contribution < 1.29 is 9.90 Å². The molecule has 0 spiro atoms. The summed E-state index contributed by atoms with van der Waals surface area (Å²) >= 11 is 0. The molecule has 6 heteroatoms. The number of likely N-dealkylation sites (tertiary alicyclic amines) is 2. The normalized spacial score (nSPS) is 24.1. The molecule has 3 heterocycles. The van der Waals surface area contributed by atoms with Crippen LogP contribution in [0, 0.1) is 0 Å². The molecule has 0 bridgehead atoms. The van der Waals surface area contributed by atoms with Crippen LogP contribution in [-0.2, 0) is 0 Å². The van der Waals surface area contributed by atoms with E-state index in [9.17, 15) is 9.90 Å². The molecular weight excluding hydrogens is 340 g/mol. The Morgan fingerprint density at radius 2 is 1.85 bits per heavy atom. The average molecular weight is 368 g/mol. The summed E-state index contributed by atoms with van der Waals surface area (Å²) < 4.78 is 0. The van der Waals surface area contributed by atoms with Crippen LogP contribution >= 0.6 is 0 Å². The Bertz CT molecular complexity index is 769. The minimum absolute atomic E-state index is 0.0323. The van der Waals surface area contributed by atoms with Crippen LogP contribution in [0.15, 0.2) is 36.4 Å². The first kappa shape index (κ1) is 18.2. The molecule has 0 aliphatic carbocycles. The van der Waals surface area contributed by atoms with Crippen molar-refractivity contribution in [2.24, 2.45) is 0 Å². The quantitative estimate of drug-likeness (QED) is 0.870. The maximum Gasteiger partial charge on any atom is 0.271 e. The summed E-state index contributed by atoms with van der Waals surface area (Å²) in [6.07, 6.45) is 4.67. The molecule has 2 fully saturated rings. The van der Waals surface area contributed by atoms with Gasteiger partial charge in [0.25, 0.3) is 5.91 Å². The lowest BCUT2D eigenvalue weighted by molar-refractivity contribution is -0.00291. The average Bonchev–Trinajstić information content (AvgIpc) is 3.33. The molecule has 1 atom stereocenters. The third-order valence-corrected chi connectivity index (χ3v) is 5.80. The second-order valence-electron chi connectivity index (χ2n) is 7.89. The van der Waals surface area contributed by atoms with Crippen molar-refractivity contribution in [3.8, 4) is 11.3 Å². The Morgan fingerprint density at radius 3 is 2.63 bits per heavy atom. The molecule has 6 nitrogen and oxygen atoms in total. The second kappa shape index (κ2) is 7.82. The van der Waals surface area contributed by atoms with Gasteiger partial charge in [0.2, 0.25) is 0 Å². The lowest BCUT2D eigenvalue weighted by Gasteiger charge is -2.31. The highest BCUT2D eigenvalue weighted by atomic mass is 16.3. The predicted octanol–water partition coefficient (Wildman–Crippen LogP) is 2.53. The van der Waals surface area contributed by atoms with Gasteiger partial charge in [0.1, 0.15) is 5.69 Å². The third-order valence-electron chi connectivity index (χ3n) is 5.80. The first-order valence-electron chi connectivity index (χ1n) is 9.98. The molecule has 27 heavy (non-hydrogen) atoms. The van der Waals surface area contributed by atoms with Crippen LogP contribution in [-0.4, -0.2) is 69.3 Å². The van der Waals surface area contributed by atoms with E-state index in [0.717, 1.165) is 43.7 Å². The minimum atomic E-state index is -0.678. The number of benzene rings is 1. The summed E-state index contributed by atoms with van der Waals surface area (Å²) in [4.78, 5) is 17.1. The number of nitrogens with one attached hydrogen (secondary N) is 1. The molecule has 2 N–H and O–H groups in total. The zero-order valence-electron chi connectivity index (χ0n) is 15.7. The number of carbonyl (C=O) groups is 1. The Kier molecular flexibility index (Phi) is 5.27. The minimum Gasteiger partial charge on any atom is -0.388 e. The van der Waals surface area contributed by atoms with E-state index in [1.54, 1.807) is 0 Å². The first-order valence-corrected chi connectivity index (χ1v) is 9.98. The number of rotatable bonds is 4. The number of aromatic nitrogens is 2. The van der Waals surface area contributed by atoms with Gasteiger partial charge in [0.15, 0.2) is 0 Å². The molecule has 1 aromatic heterocycles. The van der Waals surface area contributed by atoms with E-state index in [2.05, 4.69) is 15.1 Å². The van der Waals surface area contributed by atoms with Crippen molar-refractivity contribution in [3.63, 3.8) is 0 Å². The monoisotopic (exact) mass is 368 g/mol. The first-order chi connectivity index (χ1) is 13.1. The summed E-state index contributed by atoms with van der Waals surface area (Å²) in [6.45, 7) is 4.17. The standard InChI is InChI=1S/C21H28N4O2/c26-20(19-15-18(22-23-19)17-7-2-1-3-8-17)25-13-6-9-21(27,10-14-25)16-24-11-4-5-12-24/h1-3,7-8,15,27H,4-6,9-14,16H2,(H,22,23). The number of H-pyrrole nitrogens is 1. The van der Waals surface area contributed by atoms with Crippen molar-refractivity contribution >= 4 is 5.91 Å². The number of hydrogen-bond acceptors (Lipinski definition) is 4. The lowest BCUT2D eigenvalue weighted by Crippen LogP contribution is -2.43. The van der Waals surface area contributed by atoms with Crippen LogP contribution in [0.5, 0.6) is 0 Å². The Hall–Kier alpha value is -2.18. The molecule has 2 saturated heterocycles. The van der Waals surface area contributed by atoms with Crippen molar-refractivity contribution in [2.75, 3.05) is 32.7 Å². The number of nitrogens with zero attached hydrogens (tertiary/aromatic N) is 3. The molecule has 0 radical (unpaired) electrons. The zero-order chi connectivity index (χ0) is 18.7. The van der Waals surface area contributed by atoms with Crippen LogP contribution < -0.4 is 0 Å². The molecular formula is C21H28N4O2. The van der Waals surface area contributed by atoms with Gasteiger partial charge in [0.05, 0.1) is 11.3 Å². The van der Waals surface area contributed by atoms with E-state index in [0.29, 0.717) is 25.2 Å². The van der Waals surface area contributed by atoms with Gasteiger partial charge < -0.3 is 14.9 Å². The fraction of sp³-hybridized carbons (Fsp3) is 0.524. The van der Waals surface area contributed by atoms with E-state index in [1.165, 1.54) is 12.8 Å². The number of carbonyl (C=O) groups excluding carboxylic acids is 1. The van der Waals surface area contributed by atoms with E-state index in [4.69, 9.17) is 0 Å². The van der Waals surface area contributed by atoms with Crippen molar-refractivity contribution in [3.05, 3.63) is 42.1 Å². The highest BCUT2D eigenvalue weighted by molar-refractivity contribution is 5.93. The summed E-state index contributed by atoms with van der Waals surface area (Å²) in [5.41, 5.74) is 1.60. The predicted molar refractivity (Wildman–Crippen MR) is 104 cm³/mol. The summed E-state index contributed by atoms with van der Waals surface area (Å²) in [5, 5.41) is 18.2. The number of aromatic amines is 1. The largest absolute Gasteiger partial charge is 0.388 e. The summed E-state index contributed by atoms with van der Waals surface area (Å²) in [5.74, 6) is -0.0323. The Labute approximate surface area is 160 Å². The lowest BCUT2D eigenvalue weighted by atomic mass is 9.94. The molecule has 144 valence electrons. The van der Waals surface area contributed by atoms with E-state index < -0.39 is 5.60 Å². The zero-order valence-corrected chi connectivity index (χ0v) is 15.7. The van der Waals surface area contributed by atoms with Crippen LogP contribution in [0.1, 0.15) is 42.6 Å². The summed E-state index contributed by atoms with van der Waals surface area (Å²) in [7, 11) is 0. The van der Waals surface area contributed by atoms with Gasteiger partial charge in [-0.1, -0.05) is 30.3 Å². The molecule has 1 aromatic carbocycles. The molecule has 1 unspecified atom stereocenters. The molecule has 0 saturated carbocycles. The third kappa shape index (κ3) is 4.22. The van der Waals surface area contributed by atoms with E-state index >= 15 is 0 Å². The van der Waals surface area contributed by atoms with E-state index in [1.807, 2.05) is 41.3 Å². The summed E-state index contributed by atoms with van der Waals surface area (Å²) in [6, 6.07) is 11.7. The van der Waals surface area contributed by atoms with Gasteiger partial charge in [-0.3, -0.25) is 9.89 Å². The highest BCUT2D eigenvalue weighted by Crippen LogP contribution is 2.26. The van der Waals surface area contributed by atoms with Crippen molar-refractivity contribution in [2.45, 2.75) is 37.7 Å². The van der Waals surface area contributed by atoms with Gasteiger partial charge in [-0.15, -0.1) is 0 Å². The van der Waals surface area contributed by atoms with Crippen LogP contribution in [0.25, 0.3) is 11.3 Å². The van der Waals surface area contributed by atoms with Crippen LogP contribution in [0.2, 0.25) is 0 Å². The number of β-amino-alcohol motifs (C(OH)–C–C–N with tert-alkyl or cyclic N) is 1. The number of aliphatic hydroxyl groups is 1. The fourth-order valence-electron chi connectivity index (χ4n) is 4.26. The Morgan fingerprint density at radius 1 is 1.07 bits per heavy atom.